The minimum Gasteiger partial charge on any atom is -0.388 e. The molecule has 2 heterocycles. The number of hydrogen-bond donors (Lipinski definition) is 2. The number of oxime groups is 1. The maximum atomic E-state index is 12.9. The number of carbonyl (C=O) groups is 1. The Morgan fingerprint density at radius 1 is 1.14 bits per heavy atom. The summed E-state index contributed by atoms with van der Waals surface area (Å²) in [7, 11) is 1.80. The summed E-state index contributed by atoms with van der Waals surface area (Å²) in [6.07, 6.45) is -2.73. The molecule has 2 aromatic carbocycles. The van der Waals surface area contributed by atoms with Crippen molar-refractivity contribution in [3.05, 3.63) is 65.5 Å². The molecular weight excluding hydrogens is 375 g/mol. The van der Waals surface area contributed by atoms with Crippen LogP contribution in [0.15, 0.2) is 53.7 Å². The number of alkyl halides is 2. The van der Waals surface area contributed by atoms with Crippen molar-refractivity contribution in [1.29, 1.82) is 0 Å². The van der Waals surface area contributed by atoms with E-state index in [1.807, 2.05) is 0 Å². The number of nitrogens with one attached hydrogen (secondary N) is 2. The number of rotatable bonds is 5. The van der Waals surface area contributed by atoms with Gasteiger partial charge in [0.25, 0.3) is 0 Å². The zero-order valence-electron chi connectivity index (χ0n) is 14.9. The third kappa shape index (κ3) is 4.25. The molecule has 1 spiro atoms. The highest BCUT2D eigenvalue weighted by molar-refractivity contribution is 6.01. The SMILES string of the molecule is CNc1ccc(F)cc1.O=CNCc1ccc(C2=NOC3(C2)OC3(F)F)cc1. The normalized spacial score (nSPS) is 21.1. The standard InChI is InChI=1S/C12H10F2N2O3.C7H8FN/c13-12(14)11(18-12)5-10(16-19-11)9-3-1-8(2-4-9)6-15-7-17;1-9-7-4-2-6(8)3-5-7/h1-4,7H,5-6H2,(H,15,17);2-5,9H,1H3. The van der Waals surface area contributed by atoms with Gasteiger partial charge in [0.1, 0.15) is 5.82 Å². The third-order valence-corrected chi connectivity index (χ3v) is 4.21. The van der Waals surface area contributed by atoms with Crippen LogP contribution in [0.5, 0.6) is 0 Å². The van der Waals surface area contributed by atoms with Crippen molar-refractivity contribution >= 4 is 17.8 Å². The molecule has 0 saturated carbocycles. The van der Waals surface area contributed by atoms with Gasteiger partial charge in [-0.15, -0.1) is 0 Å². The lowest BCUT2D eigenvalue weighted by Crippen LogP contribution is -2.18. The zero-order valence-corrected chi connectivity index (χ0v) is 14.9. The zero-order chi connectivity index (χ0) is 20.2. The summed E-state index contributed by atoms with van der Waals surface area (Å²) < 4.78 is 42.3. The average molecular weight is 393 g/mol. The number of amides is 1. The van der Waals surface area contributed by atoms with Crippen LogP contribution in [0.2, 0.25) is 0 Å². The van der Waals surface area contributed by atoms with E-state index in [-0.39, 0.29) is 12.2 Å². The predicted octanol–water partition coefficient (Wildman–Crippen LogP) is 3.24. The summed E-state index contributed by atoms with van der Waals surface area (Å²) in [4.78, 5) is 14.8. The predicted molar refractivity (Wildman–Crippen MR) is 96.3 cm³/mol. The molecule has 2 aromatic rings. The largest absolute Gasteiger partial charge is 0.427 e. The van der Waals surface area contributed by atoms with Gasteiger partial charge in [-0.25, -0.2) is 4.39 Å². The maximum Gasteiger partial charge on any atom is 0.427 e. The van der Waals surface area contributed by atoms with E-state index in [0.29, 0.717) is 24.2 Å². The summed E-state index contributed by atoms with van der Waals surface area (Å²) in [5.41, 5.74) is 2.94. The lowest BCUT2D eigenvalue weighted by molar-refractivity contribution is -0.109. The van der Waals surface area contributed by atoms with Crippen molar-refractivity contribution in [3.8, 4) is 0 Å². The van der Waals surface area contributed by atoms with Crippen molar-refractivity contribution in [2.45, 2.75) is 24.9 Å². The van der Waals surface area contributed by atoms with Crippen LogP contribution in [-0.2, 0) is 20.9 Å². The molecule has 0 bridgehead atoms. The molecule has 9 heteroatoms. The van der Waals surface area contributed by atoms with E-state index in [9.17, 15) is 18.0 Å². The molecule has 2 N–H and O–H groups in total. The molecule has 1 fully saturated rings. The summed E-state index contributed by atoms with van der Waals surface area (Å²) in [5, 5.41) is 9.07. The van der Waals surface area contributed by atoms with Gasteiger partial charge in [0.05, 0.1) is 12.1 Å². The van der Waals surface area contributed by atoms with Crippen LogP contribution < -0.4 is 10.6 Å². The van der Waals surface area contributed by atoms with Gasteiger partial charge in [0.15, 0.2) is 0 Å². The van der Waals surface area contributed by atoms with Crippen LogP contribution in [0.1, 0.15) is 17.5 Å². The molecule has 4 rings (SSSR count). The lowest BCUT2D eigenvalue weighted by Gasteiger charge is -2.02. The number of epoxide rings is 1. The van der Waals surface area contributed by atoms with E-state index >= 15 is 0 Å². The Morgan fingerprint density at radius 2 is 1.79 bits per heavy atom. The van der Waals surface area contributed by atoms with Crippen LogP contribution in [0, 0.1) is 5.82 Å². The summed E-state index contributed by atoms with van der Waals surface area (Å²) in [5.74, 6) is -2.09. The van der Waals surface area contributed by atoms with Crippen LogP contribution in [-0.4, -0.2) is 31.1 Å². The van der Waals surface area contributed by atoms with Crippen LogP contribution in [0.4, 0.5) is 18.9 Å². The summed E-state index contributed by atoms with van der Waals surface area (Å²) in [6, 6.07) is 13.3. The van der Waals surface area contributed by atoms with E-state index in [1.54, 1.807) is 43.4 Å². The maximum absolute atomic E-state index is 12.9. The van der Waals surface area contributed by atoms with Gasteiger partial charge < -0.3 is 15.5 Å². The third-order valence-electron chi connectivity index (χ3n) is 4.21. The molecule has 28 heavy (non-hydrogen) atoms. The van der Waals surface area contributed by atoms with Gasteiger partial charge in [-0.3, -0.25) is 9.53 Å². The van der Waals surface area contributed by atoms with Crippen LogP contribution >= 0.6 is 0 Å². The topological polar surface area (TPSA) is 75.2 Å². The first-order valence-corrected chi connectivity index (χ1v) is 8.42. The minimum atomic E-state index is -3.26. The first kappa shape index (κ1) is 19.7. The van der Waals surface area contributed by atoms with Gasteiger partial charge in [0.2, 0.25) is 6.41 Å². The molecule has 1 saturated heterocycles. The quantitative estimate of drug-likeness (QED) is 0.604. The summed E-state index contributed by atoms with van der Waals surface area (Å²) in [6.45, 7) is 0.415. The molecule has 0 aliphatic carbocycles. The number of hydrogen-bond acceptors (Lipinski definition) is 5. The molecule has 1 amide bonds. The number of halogens is 3. The lowest BCUT2D eigenvalue weighted by atomic mass is 10.0. The molecule has 2 aliphatic heterocycles. The fourth-order valence-electron chi connectivity index (χ4n) is 2.55. The number of benzene rings is 2. The fraction of sp³-hybridized carbons (Fsp3) is 0.263. The van der Waals surface area contributed by atoms with Gasteiger partial charge in [0, 0.05) is 19.3 Å². The van der Waals surface area contributed by atoms with Crippen LogP contribution in [0.3, 0.4) is 0 Å². The number of anilines is 1. The summed E-state index contributed by atoms with van der Waals surface area (Å²) >= 11 is 0. The number of ether oxygens (including phenoxy) is 1. The van der Waals surface area contributed by atoms with E-state index in [2.05, 4.69) is 25.4 Å². The molecule has 1 atom stereocenters. The first-order valence-electron chi connectivity index (χ1n) is 8.42. The van der Waals surface area contributed by atoms with Crippen molar-refractivity contribution in [1.82, 2.24) is 5.32 Å². The number of carbonyl (C=O) groups excluding carboxylic acids is 1. The molecule has 0 radical (unpaired) electrons. The molecule has 2 aliphatic rings. The second kappa shape index (κ2) is 7.89. The molecule has 0 aromatic heterocycles. The molecule has 148 valence electrons. The van der Waals surface area contributed by atoms with Crippen molar-refractivity contribution in [2.75, 3.05) is 12.4 Å². The van der Waals surface area contributed by atoms with Gasteiger partial charge >= 0.3 is 11.9 Å². The Labute approximate surface area is 159 Å². The molecule has 1 unspecified atom stereocenters. The monoisotopic (exact) mass is 393 g/mol. The second-order valence-electron chi connectivity index (χ2n) is 6.13. The van der Waals surface area contributed by atoms with Crippen molar-refractivity contribution in [2.24, 2.45) is 5.16 Å². The Hall–Kier alpha value is -3.07. The van der Waals surface area contributed by atoms with Gasteiger partial charge in [-0.2, -0.15) is 8.78 Å². The van der Waals surface area contributed by atoms with Gasteiger partial charge in [-0.05, 0) is 35.4 Å². The first-order chi connectivity index (χ1) is 13.4. The fourth-order valence-corrected chi connectivity index (χ4v) is 2.55. The van der Waals surface area contributed by atoms with E-state index < -0.39 is 11.9 Å². The molecule has 6 nitrogen and oxygen atoms in total. The van der Waals surface area contributed by atoms with E-state index in [1.165, 1.54) is 12.1 Å². The highest BCUT2D eigenvalue weighted by atomic mass is 19.3. The van der Waals surface area contributed by atoms with E-state index in [4.69, 9.17) is 0 Å². The van der Waals surface area contributed by atoms with Gasteiger partial charge in [-0.1, -0.05) is 29.4 Å². The van der Waals surface area contributed by atoms with Crippen LogP contribution in [0.25, 0.3) is 0 Å². The van der Waals surface area contributed by atoms with Crippen molar-refractivity contribution < 1.29 is 27.5 Å². The second-order valence-corrected chi connectivity index (χ2v) is 6.13. The smallest absolute Gasteiger partial charge is 0.388 e. The number of nitrogens with zero attached hydrogens (tertiary/aromatic N) is 1. The highest BCUT2D eigenvalue weighted by Crippen LogP contribution is 2.56. The van der Waals surface area contributed by atoms with E-state index in [0.717, 1.165) is 11.3 Å². The highest BCUT2D eigenvalue weighted by Gasteiger charge is 2.80. The average Bonchev–Trinajstić information content (AvgIpc) is 3.02. The minimum absolute atomic E-state index is 0.0774. The molecular formula is C19H18F3N3O3. The Bertz CT molecular complexity index is 857. The van der Waals surface area contributed by atoms with Crippen molar-refractivity contribution in [3.63, 3.8) is 0 Å². The Balaban J connectivity index is 0.000000211. The Morgan fingerprint density at radius 3 is 2.29 bits per heavy atom. The Kier molecular flexibility index (Phi) is 5.55.